The van der Waals surface area contributed by atoms with E-state index in [2.05, 4.69) is 0 Å². The smallest absolute Gasteiger partial charge is 0.227 e. The lowest BCUT2D eigenvalue weighted by atomic mass is 10.1. The molecule has 1 aliphatic heterocycles. The number of anilines is 1. The highest BCUT2D eigenvalue weighted by molar-refractivity contribution is 7.94. The summed E-state index contributed by atoms with van der Waals surface area (Å²) in [5, 5.41) is 1.17. The Morgan fingerprint density at radius 1 is 1.30 bits per heavy atom. The van der Waals surface area contributed by atoms with E-state index in [0.717, 1.165) is 0 Å². The van der Waals surface area contributed by atoms with Crippen LogP contribution in [0, 0.1) is 0 Å². The normalized spacial score (nSPS) is 18.7. The zero-order chi connectivity index (χ0) is 17.0. The maximum Gasteiger partial charge on any atom is 0.227 e. The van der Waals surface area contributed by atoms with Crippen LogP contribution in [0.3, 0.4) is 0 Å². The van der Waals surface area contributed by atoms with Crippen molar-refractivity contribution in [3.8, 4) is 11.5 Å². The second-order valence-electron chi connectivity index (χ2n) is 5.28. The molecule has 7 heteroatoms. The molecule has 1 heterocycles. The first-order chi connectivity index (χ1) is 10.9. The molecule has 1 atom stereocenters. The Morgan fingerprint density at radius 3 is 2.57 bits per heavy atom. The topological polar surface area (TPSA) is 72.9 Å². The van der Waals surface area contributed by atoms with Gasteiger partial charge in [-0.15, -0.1) is 0 Å². The van der Waals surface area contributed by atoms with E-state index >= 15 is 0 Å². The summed E-state index contributed by atoms with van der Waals surface area (Å²) in [7, 11) is -0.225. The van der Waals surface area contributed by atoms with Gasteiger partial charge in [-0.3, -0.25) is 4.79 Å². The molecule has 1 aromatic rings. The average molecular weight is 339 g/mol. The van der Waals surface area contributed by atoms with E-state index in [1.165, 1.54) is 17.4 Å². The van der Waals surface area contributed by atoms with Crippen LogP contribution in [-0.4, -0.2) is 40.3 Å². The number of carbonyl (C=O) groups excluding carboxylic acids is 1. The molecular formula is C16H21NO5S. The van der Waals surface area contributed by atoms with Gasteiger partial charge in [0.05, 0.1) is 31.7 Å². The van der Waals surface area contributed by atoms with Gasteiger partial charge in [-0.05, 0) is 24.6 Å². The molecule has 1 aromatic carbocycles. The Hall–Kier alpha value is -2.02. The summed E-state index contributed by atoms with van der Waals surface area (Å²) in [5.41, 5.74) is 0.540. The van der Waals surface area contributed by atoms with Crippen molar-refractivity contribution >= 4 is 21.4 Å². The molecule has 0 saturated carbocycles. The van der Waals surface area contributed by atoms with Crippen LogP contribution in [0.2, 0.25) is 0 Å². The van der Waals surface area contributed by atoms with Crippen molar-refractivity contribution in [3.05, 3.63) is 29.7 Å². The molecule has 0 spiro atoms. The van der Waals surface area contributed by atoms with E-state index in [9.17, 15) is 13.2 Å². The molecular weight excluding hydrogens is 318 g/mol. The van der Waals surface area contributed by atoms with Crippen LogP contribution in [0.1, 0.15) is 19.8 Å². The summed E-state index contributed by atoms with van der Waals surface area (Å²) < 4.78 is 34.0. The maximum atomic E-state index is 12.6. The fourth-order valence-electron chi connectivity index (χ4n) is 2.54. The number of hydrogen-bond donors (Lipinski definition) is 0. The molecule has 1 amide bonds. The highest BCUT2D eigenvalue weighted by Crippen LogP contribution is 2.35. The van der Waals surface area contributed by atoms with Crippen molar-refractivity contribution in [2.24, 2.45) is 0 Å². The fourth-order valence-corrected chi connectivity index (χ4v) is 3.80. The zero-order valence-electron chi connectivity index (χ0n) is 13.5. The van der Waals surface area contributed by atoms with Crippen molar-refractivity contribution in [2.75, 3.05) is 24.9 Å². The van der Waals surface area contributed by atoms with Crippen LogP contribution in [0.15, 0.2) is 29.7 Å². The molecule has 0 saturated heterocycles. The standard InChI is InChI=1S/C16H21NO5S/c1-4-5-16(18)17(12-8-9-23(19,20)11-12)14-7-6-13(21-2)10-15(14)22-3/h6-10,12H,4-5,11H2,1-3H3. The number of amides is 1. The lowest BCUT2D eigenvalue weighted by molar-refractivity contribution is -0.118. The first-order valence-electron chi connectivity index (χ1n) is 7.37. The van der Waals surface area contributed by atoms with Gasteiger partial charge in [0.1, 0.15) is 11.5 Å². The van der Waals surface area contributed by atoms with Gasteiger partial charge >= 0.3 is 0 Å². The van der Waals surface area contributed by atoms with Crippen molar-refractivity contribution in [1.29, 1.82) is 0 Å². The zero-order valence-corrected chi connectivity index (χ0v) is 14.3. The van der Waals surface area contributed by atoms with Crippen LogP contribution < -0.4 is 14.4 Å². The minimum absolute atomic E-state index is 0.113. The Morgan fingerprint density at radius 2 is 2.04 bits per heavy atom. The second-order valence-corrected chi connectivity index (χ2v) is 7.21. The van der Waals surface area contributed by atoms with Crippen LogP contribution >= 0.6 is 0 Å². The van der Waals surface area contributed by atoms with Gasteiger partial charge in [-0.25, -0.2) is 8.42 Å². The van der Waals surface area contributed by atoms with Crippen molar-refractivity contribution in [3.63, 3.8) is 0 Å². The molecule has 0 N–H and O–H groups in total. The molecule has 6 nitrogen and oxygen atoms in total. The van der Waals surface area contributed by atoms with Crippen LogP contribution in [0.5, 0.6) is 11.5 Å². The minimum atomic E-state index is -3.27. The predicted molar refractivity (Wildman–Crippen MR) is 88.7 cm³/mol. The van der Waals surface area contributed by atoms with Gasteiger partial charge < -0.3 is 14.4 Å². The molecule has 1 aliphatic rings. The second kappa shape index (κ2) is 7.04. The highest BCUT2D eigenvalue weighted by Gasteiger charge is 2.32. The quantitative estimate of drug-likeness (QED) is 0.794. The summed E-state index contributed by atoms with van der Waals surface area (Å²) in [5.74, 6) is 0.815. The van der Waals surface area contributed by atoms with Gasteiger partial charge in [0, 0.05) is 17.9 Å². The van der Waals surface area contributed by atoms with E-state index in [4.69, 9.17) is 9.47 Å². The third-order valence-electron chi connectivity index (χ3n) is 3.62. The van der Waals surface area contributed by atoms with Crippen molar-refractivity contribution in [1.82, 2.24) is 0 Å². The Labute approximate surface area is 136 Å². The molecule has 0 bridgehead atoms. The number of nitrogens with zero attached hydrogens (tertiary/aromatic N) is 1. The third kappa shape index (κ3) is 3.85. The van der Waals surface area contributed by atoms with E-state index < -0.39 is 15.9 Å². The number of ether oxygens (including phenoxy) is 2. The molecule has 0 aromatic heterocycles. The van der Waals surface area contributed by atoms with Crippen LogP contribution in [-0.2, 0) is 14.6 Å². The summed E-state index contributed by atoms with van der Waals surface area (Å²) in [6.07, 6.45) is 2.56. The molecule has 0 fully saturated rings. The number of carbonyl (C=O) groups is 1. The summed E-state index contributed by atoms with van der Waals surface area (Å²) in [4.78, 5) is 14.1. The Balaban J connectivity index is 2.46. The summed E-state index contributed by atoms with van der Waals surface area (Å²) in [6, 6.07) is 4.58. The Bertz CT molecular complexity index is 711. The lowest BCUT2D eigenvalue weighted by Crippen LogP contribution is -2.41. The monoisotopic (exact) mass is 339 g/mol. The summed E-state index contributed by atoms with van der Waals surface area (Å²) >= 11 is 0. The van der Waals surface area contributed by atoms with E-state index in [1.54, 1.807) is 31.4 Å². The summed E-state index contributed by atoms with van der Waals surface area (Å²) in [6.45, 7) is 1.91. The molecule has 23 heavy (non-hydrogen) atoms. The van der Waals surface area contributed by atoms with Crippen LogP contribution in [0.4, 0.5) is 5.69 Å². The van der Waals surface area contributed by atoms with Gasteiger partial charge in [0.25, 0.3) is 0 Å². The largest absolute Gasteiger partial charge is 0.497 e. The molecule has 0 aliphatic carbocycles. The van der Waals surface area contributed by atoms with Gasteiger partial charge in [0.15, 0.2) is 9.84 Å². The van der Waals surface area contributed by atoms with Gasteiger partial charge in [-0.1, -0.05) is 6.92 Å². The minimum Gasteiger partial charge on any atom is -0.497 e. The first kappa shape index (κ1) is 17.3. The van der Waals surface area contributed by atoms with Gasteiger partial charge in [0.2, 0.25) is 5.91 Å². The first-order valence-corrected chi connectivity index (χ1v) is 9.08. The third-order valence-corrected chi connectivity index (χ3v) is 5.00. The number of hydrogen-bond acceptors (Lipinski definition) is 5. The number of rotatable bonds is 6. The number of methoxy groups -OCH3 is 2. The Kier molecular flexibility index (Phi) is 5.30. The molecule has 1 unspecified atom stereocenters. The highest BCUT2D eigenvalue weighted by atomic mass is 32.2. The fraction of sp³-hybridized carbons (Fsp3) is 0.438. The van der Waals surface area contributed by atoms with Crippen molar-refractivity contribution in [2.45, 2.75) is 25.8 Å². The van der Waals surface area contributed by atoms with Crippen LogP contribution in [0.25, 0.3) is 0 Å². The maximum absolute atomic E-state index is 12.6. The van der Waals surface area contributed by atoms with E-state index in [0.29, 0.717) is 30.0 Å². The predicted octanol–water partition coefficient (Wildman–Crippen LogP) is 2.15. The SMILES string of the molecule is CCCC(=O)N(c1ccc(OC)cc1OC)C1C=CS(=O)(=O)C1. The molecule has 2 rings (SSSR count). The van der Waals surface area contributed by atoms with E-state index in [1.807, 2.05) is 6.92 Å². The number of sulfone groups is 1. The van der Waals surface area contributed by atoms with Gasteiger partial charge in [-0.2, -0.15) is 0 Å². The average Bonchev–Trinajstić information content (AvgIpc) is 2.87. The molecule has 126 valence electrons. The molecule has 0 radical (unpaired) electrons. The van der Waals surface area contributed by atoms with Crippen molar-refractivity contribution < 1.29 is 22.7 Å². The lowest BCUT2D eigenvalue weighted by Gasteiger charge is -2.29. The number of benzene rings is 1. The van der Waals surface area contributed by atoms with E-state index in [-0.39, 0.29) is 11.7 Å².